The molecular formula is C22H17BrN2O2S. The van der Waals surface area contributed by atoms with Crippen molar-refractivity contribution in [1.29, 1.82) is 0 Å². The van der Waals surface area contributed by atoms with Gasteiger partial charge in [-0.05, 0) is 35.4 Å². The van der Waals surface area contributed by atoms with Crippen molar-refractivity contribution in [2.45, 2.75) is 6.92 Å². The topological polar surface area (TPSA) is 51.2 Å². The Kier molecular flexibility index (Phi) is 5.15. The molecule has 0 saturated carbocycles. The molecule has 28 heavy (non-hydrogen) atoms. The minimum absolute atomic E-state index is 0.250. The second-order valence-electron chi connectivity index (χ2n) is 6.32. The number of hydrogen-bond donors (Lipinski definition) is 1. The van der Waals surface area contributed by atoms with Gasteiger partial charge in [-0.15, -0.1) is 11.3 Å². The maximum atomic E-state index is 12.8. The first-order chi connectivity index (χ1) is 13.6. The zero-order chi connectivity index (χ0) is 19.7. The van der Waals surface area contributed by atoms with Crippen LogP contribution in [0.2, 0.25) is 0 Å². The lowest BCUT2D eigenvalue weighted by Gasteiger charge is -2.11. The van der Waals surface area contributed by atoms with E-state index in [9.17, 15) is 4.79 Å². The number of benzene rings is 3. The van der Waals surface area contributed by atoms with Gasteiger partial charge in [0.05, 0.1) is 18.4 Å². The smallest absolute Gasteiger partial charge is 0.261 e. The second-order valence-corrected chi connectivity index (χ2v) is 8.10. The van der Waals surface area contributed by atoms with Crippen LogP contribution in [0, 0.1) is 6.92 Å². The molecule has 0 spiro atoms. The molecule has 6 heteroatoms. The summed E-state index contributed by atoms with van der Waals surface area (Å²) < 4.78 is 6.24. The highest BCUT2D eigenvalue weighted by molar-refractivity contribution is 9.10. The van der Waals surface area contributed by atoms with Crippen LogP contribution in [0.1, 0.15) is 15.9 Å². The predicted octanol–water partition coefficient (Wildman–Crippen LogP) is 6.30. The van der Waals surface area contributed by atoms with Crippen molar-refractivity contribution in [3.05, 3.63) is 75.6 Å². The Morgan fingerprint density at radius 2 is 1.93 bits per heavy atom. The van der Waals surface area contributed by atoms with Crippen LogP contribution in [0.5, 0.6) is 5.75 Å². The molecule has 1 amide bonds. The number of nitrogens with one attached hydrogen (secondary N) is 1. The number of thiazole rings is 1. The number of anilines is 1. The van der Waals surface area contributed by atoms with E-state index in [0.717, 1.165) is 32.1 Å². The average molecular weight is 453 g/mol. The summed E-state index contributed by atoms with van der Waals surface area (Å²) in [4.78, 5) is 17.4. The number of amides is 1. The van der Waals surface area contributed by atoms with Gasteiger partial charge in [0, 0.05) is 15.4 Å². The summed E-state index contributed by atoms with van der Waals surface area (Å²) in [6.45, 7) is 1.91. The number of ether oxygens (including phenoxy) is 1. The molecule has 1 heterocycles. The van der Waals surface area contributed by atoms with Gasteiger partial charge in [0.25, 0.3) is 5.91 Å². The quantitative estimate of drug-likeness (QED) is 0.395. The zero-order valence-electron chi connectivity index (χ0n) is 15.3. The summed E-state index contributed by atoms with van der Waals surface area (Å²) in [5, 5.41) is 7.70. The fourth-order valence-corrected chi connectivity index (χ4v) is 4.52. The van der Waals surface area contributed by atoms with Crippen LogP contribution in [-0.2, 0) is 0 Å². The van der Waals surface area contributed by atoms with Crippen LogP contribution in [0.25, 0.3) is 22.0 Å². The highest BCUT2D eigenvalue weighted by Gasteiger charge is 2.17. The Morgan fingerprint density at radius 3 is 2.75 bits per heavy atom. The normalized spacial score (nSPS) is 10.8. The highest BCUT2D eigenvalue weighted by Crippen LogP contribution is 2.32. The molecule has 1 aromatic heterocycles. The van der Waals surface area contributed by atoms with E-state index >= 15 is 0 Å². The summed E-state index contributed by atoms with van der Waals surface area (Å²) in [6.07, 6.45) is 0. The molecule has 4 aromatic rings. The van der Waals surface area contributed by atoms with E-state index in [4.69, 9.17) is 4.74 Å². The van der Waals surface area contributed by atoms with E-state index in [-0.39, 0.29) is 5.91 Å². The van der Waals surface area contributed by atoms with E-state index in [1.54, 1.807) is 13.2 Å². The van der Waals surface area contributed by atoms with Gasteiger partial charge < -0.3 is 4.74 Å². The first-order valence-electron chi connectivity index (χ1n) is 8.66. The monoisotopic (exact) mass is 452 g/mol. The Balaban J connectivity index is 1.65. The lowest BCUT2D eigenvalue weighted by Crippen LogP contribution is -2.13. The fourth-order valence-electron chi connectivity index (χ4n) is 3.24. The van der Waals surface area contributed by atoms with Crippen molar-refractivity contribution in [3.63, 3.8) is 0 Å². The molecule has 0 fully saturated rings. The molecule has 0 atom stereocenters. The molecule has 140 valence electrons. The van der Waals surface area contributed by atoms with Gasteiger partial charge >= 0.3 is 0 Å². The fraction of sp³-hybridized carbons (Fsp3) is 0.0909. The van der Waals surface area contributed by atoms with E-state index in [1.165, 1.54) is 11.3 Å². The lowest BCUT2D eigenvalue weighted by atomic mass is 10.0. The molecule has 0 saturated heterocycles. The van der Waals surface area contributed by atoms with E-state index in [0.29, 0.717) is 16.4 Å². The van der Waals surface area contributed by atoms with E-state index in [1.807, 2.05) is 42.6 Å². The molecule has 0 aliphatic rings. The van der Waals surface area contributed by atoms with Crippen molar-refractivity contribution >= 4 is 49.1 Å². The van der Waals surface area contributed by atoms with Crippen LogP contribution in [0.3, 0.4) is 0 Å². The van der Waals surface area contributed by atoms with E-state index < -0.39 is 0 Å². The molecule has 4 rings (SSSR count). The highest BCUT2D eigenvalue weighted by atomic mass is 79.9. The number of rotatable bonds is 4. The number of halogens is 1. The second kappa shape index (κ2) is 7.73. The Labute approximate surface area is 175 Å². The van der Waals surface area contributed by atoms with Crippen molar-refractivity contribution in [2.24, 2.45) is 0 Å². The average Bonchev–Trinajstić information content (AvgIpc) is 3.15. The number of aryl methyl sites for hydroxylation is 1. The first-order valence-corrected chi connectivity index (χ1v) is 10.3. The minimum atomic E-state index is -0.250. The van der Waals surface area contributed by atoms with Crippen LogP contribution in [-0.4, -0.2) is 18.0 Å². The van der Waals surface area contributed by atoms with E-state index in [2.05, 4.69) is 44.4 Å². The maximum Gasteiger partial charge on any atom is 0.261 e. The number of methoxy groups -OCH3 is 1. The third-order valence-corrected chi connectivity index (χ3v) is 5.69. The zero-order valence-corrected chi connectivity index (χ0v) is 17.7. The molecule has 1 N–H and O–H groups in total. The number of fused-ring (bicyclic) bond motifs is 1. The summed E-state index contributed by atoms with van der Waals surface area (Å²) in [5.74, 6) is 0.312. The SMILES string of the molecule is COc1c(C)cc(Br)cc1C(=O)Nc1nc(-c2cccc3ccccc23)cs1. The summed E-state index contributed by atoms with van der Waals surface area (Å²) >= 11 is 4.84. The van der Waals surface area contributed by atoms with Crippen molar-refractivity contribution in [3.8, 4) is 17.0 Å². The van der Waals surface area contributed by atoms with Crippen LogP contribution in [0.15, 0.2) is 64.5 Å². The largest absolute Gasteiger partial charge is 0.496 e. The summed E-state index contributed by atoms with van der Waals surface area (Å²) in [7, 11) is 1.56. The maximum absolute atomic E-state index is 12.8. The van der Waals surface area contributed by atoms with Gasteiger partial charge in [0.1, 0.15) is 5.75 Å². The Bertz CT molecular complexity index is 1180. The van der Waals surface area contributed by atoms with Crippen LogP contribution in [0.4, 0.5) is 5.13 Å². The standard InChI is InChI=1S/C22H17BrN2O2S/c1-13-10-15(23)11-18(20(13)27-2)21(26)25-22-24-19(12-28-22)17-9-5-7-14-6-3-4-8-16(14)17/h3-12H,1-2H3,(H,24,25,26). The van der Waals surface area contributed by atoms with Crippen molar-refractivity contribution in [1.82, 2.24) is 4.98 Å². The summed E-state index contributed by atoms with van der Waals surface area (Å²) in [6, 6.07) is 18.0. The van der Waals surface area contributed by atoms with Crippen LogP contribution < -0.4 is 10.1 Å². The molecule has 4 nitrogen and oxygen atoms in total. The van der Waals surface area contributed by atoms with Gasteiger partial charge in [-0.1, -0.05) is 58.4 Å². The van der Waals surface area contributed by atoms with Crippen LogP contribution >= 0.6 is 27.3 Å². The van der Waals surface area contributed by atoms with Crippen molar-refractivity contribution < 1.29 is 9.53 Å². The molecule has 0 aliphatic heterocycles. The number of nitrogens with zero attached hydrogens (tertiary/aromatic N) is 1. The van der Waals surface area contributed by atoms with Crippen molar-refractivity contribution in [2.75, 3.05) is 12.4 Å². The molecule has 0 aliphatic carbocycles. The molecule has 0 radical (unpaired) electrons. The molecular weight excluding hydrogens is 436 g/mol. The van der Waals surface area contributed by atoms with Gasteiger partial charge in [0.15, 0.2) is 5.13 Å². The molecule has 3 aromatic carbocycles. The third-order valence-electron chi connectivity index (χ3n) is 4.48. The Hall–Kier alpha value is -2.70. The minimum Gasteiger partial charge on any atom is -0.496 e. The number of hydrogen-bond acceptors (Lipinski definition) is 4. The Morgan fingerprint density at radius 1 is 1.14 bits per heavy atom. The lowest BCUT2D eigenvalue weighted by molar-refractivity contribution is 0.102. The number of carbonyl (C=O) groups excluding carboxylic acids is 1. The van der Waals surface area contributed by atoms with Gasteiger partial charge in [-0.3, -0.25) is 10.1 Å². The predicted molar refractivity (Wildman–Crippen MR) is 118 cm³/mol. The van der Waals surface area contributed by atoms with Gasteiger partial charge in [-0.2, -0.15) is 0 Å². The van der Waals surface area contributed by atoms with Gasteiger partial charge in [-0.25, -0.2) is 4.98 Å². The number of aromatic nitrogens is 1. The molecule has 0 bridgehead atoms. The molecule has 0 unspecified atom stereocenters. The summed E-state index contributed by atoms with van der Waals surface area (Å²) in [5.41, 5.74) is 3.24. The van der Waals surface area contributed by atoms with Gasteiger partial charge in [0.2, 0.25) is 0 Å². The third kappa shape index (κ3) is 3.53. The first kappa shape index (κ1) is 18.7. The number of carbonyl (C=O) groups is 1.